The highest BCUT2D eigenvalue weighted by Gasteiger charge is 2.18. The summed E-state index contributed by atoms with van der Waals surface area (Å²) in [7, 11) is 0. The maximum absolute atomic E-state index is 5.80. The van der Waals surface area contributed by atoms with Crippen LogP contribution >= 0.6 is 35.1 Å². The van der Waals surface area contributed by atoms with Gasteiger partial charge in [-0.1, -0.05) is 11.6 Å². The lowest BCUT2D eigenvalue weighted by Crippen LogP contribution is -2.09. The quantitative estimate of drug-likeness (QED) is 0.696. The van der Waals surface area contributed by atoms with E-state index in [9.17, 15) is 0 Å². The van der Waals surface area contributed by atoms with E-state index in [1.54, 1.807) is 12.3 Å². The lowest BCUT2D eigenvalue weighted by molar-refractivity contribution is 0.923. The lowest BCUT2D eigenvalue weighted by Gasteiger charge is -2.19. The maximum Gasteiger partial charge on any atom is 0.143 e. The van der Waals surface area contributed by atoms with E-state index in [-0.39, 0.29) is 0 Å². The third kappa shape index (κ3) is 2.51. The molecule has 2 heterocycles. The van der Waals surface area contributed by atoms with Crippen LogP contribution in [0.25, 0.3) is 0 Å². The van der Waals surface area contributed by atoms with E-state index in [1.165, 1.54) is 11.5 Å². The van der Waals surface area contributed by atoms with E-state index in [1.807, 2.05) is 23.5 Å². The van der Waals surface area contributed by atoms with E-state index < -0.39 is 0 Å². The van der Waals surface area contributed by atoms with Gasteiger partial charge in [0.1, 0.15) is 11.0 Å². The first-order chi connectivity index (χ1) is 6.36. The molecule has 0 spiro atoms. The van der Waals surface area contributed by atoms with Crippen molar-refractivity contribution in [2.45, 2.75) is 5.25 Å². The number of aromatic nitrogens is 2. The zero-order valence-corrected chi connectivity index (χ0v) is 9.33. The van der Waals surface area contributed by atoms with Crippen molar-refractivity contribution in [2.75, 3.05) is 17.3 Å². The predicted octanol–water partition coefficient (Wildman–Crippen LogP) is 2.65. The molecule has 0 N–H and O–H groups in total. The Balaban J connectivity index is 2.14. The molecule has 1 aliphatic heterocycles. The second-order valence-electron chi connectivity index (χ2n) is 2.67. The SMILES string of the molecule is Clc1ccnc(C2CSCCS2)n1. The Morgan fingerprint density at radius 3 is 3.08 bits per heavy atom. The lowest BCUT2D eigenvalue weighted by atomic mass is 10.4. The fraction of sp³-hybridized carbons (Fsp3) is 0.500. The average Bonchev–Trinajstić information content (AvgIpc) is 2.19. The molecule has 1 saturated heterocycles. The largest absolute Gasteiger partial charge is 0.240 e. The van der Waals surface area contributed by atoms with E-state index in [0.717, 1.165) is 11.6 Å². The molecule has 1 fully saturated rings. The molecule has 1 aromatic heterocycles. The molecular formula is C8H9ClN2S2. The van der Waals surface area contributed by atoms with Gasteiger partial charge in [-0.15, -0.1) is 11.8 Å². The van der Waals surface area contributed by atoms with Crippen LogP contribution in [0.3, 0.4) is 0 Å². The van der Waals surface area contributed by atoms with Gasteiger partial charge in [0.25, 0.3) is 0 Å². The van der Waals surface area contributed by atoms with Gasteiger partial charge >= 0.3 is 0 Å². The van der Waals surface area contributed by atoms with E-state index in [4.69, 9.17) is 11.6 Å². The Morgan fingerprint density at radius 2 is 2.38 bits per heavy atom. The van der Waals surface area contributed by atoms with Crippen molar-refractivity contribution in [3.05, 3.63) is 23.2 Å². The van der Waals surface area contributed by atoms with Crippen molar-refractivity contribution in [3.8, 4) is 0 Å². The summed E-state index contributed by atoms with van der Waals surface area (Å²) >= 11 is 9.68. The topological polar surface area (TPSA) is 25.8 Å². The van der Waals surface area contributed by atoms with Gasteiger partial charge < -0.3 is 0 Å². The standard InChI is InChI=1S/C8H9ClN2S2/c9-7-1-2-10-8(11-7)6-5-12-3-4-13-6/h1-2,6H,3-5H2. The maximum atomic E-state index is 5.80. The highest BCUT2D eigenvalue weighted by molar-refractivity contribution is 8.06. The second-order valence-corrected chi connectivity index (χ2v) is 5.52. The minimum absolute atomic E-state index is 0.428. The number of halogens is 1. The number of hydrogen-bond acceptors (Lipinski definition) is 4. The Labute approximate surface area is 90.9 Å². The highest BCUT2D eigenvalue weighted by Crippen LogP contribution is 2.34. The molecular weight excluding hydrogens is 224 g/mol. The van der Waals surface area contributed by atoms with Gasteiger partial charge in [0, 0.05) is 23.5 Å². The molecule has 0 radical (unpaired) electrons. The van der Waals surface area contributed by atoms with Crippen molar-refractivity contribution >= 4 is 35.1 Å². The Bertz CT molecular complexity index is 289. The molecule has 0 bridgehead atoms. The summed E-state index contributed by atoms with van der Waals surface area (Å²) in [5, 5.41) is 0.971. The number of nitrogens with zero attached hydrogens (tertiary/aromatic N) is 2. The molecule has 1 aliphatic rings. The van der Waals surface area contributed by atoms with E-state index in [2.05, 4.69) is 9.97 Å². The Morgan fingerprint density at radius 1 is 1.46 bits per heavy atom. The summed E-state index contributed by atoms with van der Waals surface area (Å²) in [4.78, 5) is 8.45. The summed E-state index contributed by atoms with van der Waals surface area (Å²) in [5.41, 5.74) is 0. The Kier molecular flexibility index (Phi) is 3.35. The summed E-state index contributed by atoms with van der Waals surface area (Å²) in [6.07, 6.45) is 1.73. The number of rotatable bonds is 1. The smallest absolute Gasteiger partial charge is 0.143 e. The van der Waals surface area contributed by atoms with Gasteiger partial charge in [-0.2, -0.15) is 11.8 Å². The van der Waals surface area contributed by atoms with Crippen LogP contribution in [0.2, 0.25) is 5.15 Å². The van der Waals surface area contributed by atoms with Gasteiger partial charge in [0.15, 0.2) is 0 Å². The summed E-state index contributed by atoms with van der Waals surface area (Å²) in [5.74, 6) is 4.41. The average molecular weight is 233 g/mol. The molecule has 0 amide bonds. The van der Waals surface area contributed by atoms with Crippen molar-refractivity contribution in [1.29, 1.82) is 0 Å². The van der Waals surface area contributed by atoms with Gasteiger partial charge in [0.05, 0.1) is 5.25 Å². The third-order valence-electron chi connectivity index (χ3n) is 1.74. The highest BCUT2D eigenvalue weighted by atomic mass is 35.5. The summed E-state index contributed by atoms with van der Waals surface area (Å²) < 4.78 is 0. The number of thioether (sulfide) groups is 2. The monoisotopic (exact) mass is 232 g/mol. The van der Waals surface area contributed by atoms with Crippen LogP contribution in [0.5, 0.6) is 0 Å². The van der Waals surface area contributed by atoms with Crippen LogP contribution in [0, 0.1) is 0 Å². The first-order valence-electron chi connectivity index (χ1n) is 4.04. The minimum Gasteiger partial charge on any atom is -0.240 e. The number of hydrogen-bond donors (Lipinski definition) is 0. The van der Waals surface area contributed by atoms with E-state index >= 15 is 0 Å². The van der Waals surface area contributed by atoms with Gasteiger partial charge in [0.2, 0.25) is 0 Å². The fourth-order valence-electron chi connectivity index (χ4n) is 1.14. The van der Waals surface area contributed by atoms with Crippen LogP contribution in [-0.2, 0) is 0 Å². The molecule has 0 saturated carbocycles. The molecule has 2 nitrogen and oxygen atoms in total. The van der Waals surface area contributed by atoms with Crippen LogP contribution < -0.4 is 0 Å². The first kappa shape index (κ1) is 9.62. The second kappa shape index (κ2) is 4.53. The van der Waals surface area contributed by atoms with Crippen LogP contribution in [-0.4, -0.2) is 27.2 Å². The van der Waals surface area contributed by atoms with Crippen molar-refractivity contribution in [3.63, 3.8) is 0 Å². The summed E-state index contributed by atoms with van der Waals surface area (Å²) in [6, 6.07) is 1.71. The van der Waals surface area contributed by atoms with Crippen molar-refractivity contribution in [1.82, 2.24) is 9.97 Å². The van der Waals surface area contributed by atoms with Crippen LogP contribution in [0.1, 0.15) is 11.1 Å². The first-order valence-corrected chi connectivity index (χ1v) is 6.62. The molecule has 0 aromatic carbocycles. The fourth-order valence-corrected chi connectivity index (χ4v) is 3.89. The van der Waals surface area contributed by atoms with Gasteiger partial charge in [-0.05, 0) is 6.07 Å². The van der Waals surface area contributed by atoms with Crippen molar-refractivity contribution < 1.29 is 0 Å². The third-order valence-corrected chi connectivity index (χ3v) is 4.71. The molecule has 0 aliphatic carbocycles. The molecule has 13 heavy (non-hydrogen) atoms. The zero-order chi connectivity index (χ0) is 9.10. The van der Waals surface area contributed by atoms with E-state index in [0.29, 0.717) is 10.4 Å². The zero-order valence-electron chi connectivity index (χ0n) is 6.94. The molecule has 1 aromatic rings. The molecule has 70 valence electrons. The van der Waals surface area contributed by atoms with Gasteiger partial charge in [-0.25, -0.2) is 9.97 Å². The van der Waals surface area contributed by atoms with Crippen LogP contribution in [0.15, 0.2) is 12.3 Å². The minimum atomic E-state index is 0.428. The normalized spacial score (nSPS) is 23.0. The molecule has 5 heteroatoms. The van der Waals surface area contributed by atoms with Crippen molar-refractivity contribution in [2.24, 2.45) is 0 Å². The van der Waals surface area contributed by atoms with Crippen LogP contribution in [0.4, 0.5) is 0 Å². The molecule has 2 rings (SSSR count). The Hall–Kier alpha value is 0.0700. The predicted molar refractivity (Wildman–Crippen MR) is 59.6 cm³/mol. The molecule has 1 atom stereocenters. The molecule has 1 unspecified atom stereocenters. The summed E-state index contributed by atoms with van der Waals surface area (Å²) in [6.45, 7) is 0. The van der Waals surface area contributed by atoms with Gasteiger partial charge in [-0.3, -0.25) is 0 Å².